The molecule has 3 rings (SSSR count). The molecule has 0 aromatic heterocycles. The minimum absolute atomic E-state index is 0.0453. The lowest BCUT2D eigenvalue weighted by Gasteiger charge is -2.35. The van der Waals surface area contributed by atoms with E-state index in [1.165, 1.54) is 29.5 Å². The first-order valence-corrected chi connectivity index (χ1v) is 11.0. The fourth-order valence-electron chi connectivity index (χ4n) is 4.07. The van der Waals surface area contributed by atoms with Crippen LogP contribution in [0.25, 0.3) is 0 Å². The second-order valence-corrected chi connectivity index (χ2v) is 9.05. The molecule has 1 saturated carbocycles. The van der Waals surface area contributed by atoms with Crippen molar-refractivity contribution in [3.63, 3.8) is 0 Å². The lowest BCUT2D eigenvalue weighted by Crippen LogP contribution is -2.41. The van der Waals surface area contributed by atoms with Crippen LogP contribution in [-0.2, 0) is 17.7 Å². The van der Waals surface area contributed by atoms with Crippen molar-refractivity contribution >= 4 is 11.6 Å². The van der Waals surface area contributed by atoms with E-state index in [0.29, 0.717) is 12.1 Å². The van der Waals surface area contributed by atoms with E-state index in [2.05, 4.69) is 80.3 Å². The highest BCUT2D eigenvalue weighted by Crippen LogP contribution is 2.51. The van der Waals surface area contributed by atoms with Crippen LogP contribution in [0.2, 0.25) is 0 Å². The Labute approximate surface area is 170 Å². The number of hydrogen-bond acceptors (Lipinski definition) is 1. The largest absolute Gasteiger partial charge is 0.298 e. The summed E-state index contributed by atoms with van der Waals surface area (Å²) in [5, 5.41) is 0. The van der Waals surface area contributed by atoms with Gasteiger partial charge in [-0.3, -0.25) is 4.90 Å². The smallest absolute Gasteiger partial charge is 0.0696 e. The number of benzene rings is 2. The molecule has 0 spiro atoms. The maximum Gasteiger partial charge on any atom is 0.0696 e. The number of aryl methyl sites for hydroxylation is 1. The van der Waals surface area contributed by atoms with E-state index in [-0.39, 0.29) is 4.87 Å². The Kier molecular flexibility index (Phi) is 7.00. The van der Waals surface area contributed by atoms with Crippen LogP contribution < -0.4 is 0 Å². The minimum atomic E-state index is -0.0453. The normalized spacial score (nSPS) is 16.7. The number of hydrogen-bond donors (Lipinski definition) is 0. The molecular weight excluding hydrogens is 350 g/mol. The zero-order valence-electron chi connectivity index (χ0n) is 17.1. The van der Waals surface area contributed by atoms with Crippen molar-refractivity contribution in [3.05, 3.63) is 71.3 Å². The SMILES string of the molecule is CCC(CCc1ccc(C2(Cl)CC2)cc1)N(CCc1ccccc1)C(C)C. The Morgan fingerprint density at radius 3 is 2.11 bits per heavy atom. The van der Waals surface area contributed by atoms with Crippen molar-refractivity contribution in [2.45, 2.75) is 76.3 Å². The van der Waals surface area contributed by atoms with Crippen LogP contribution in [0.4, 0.5) is 0 Å². The van der Waals surface area contributed by atoms with Crippen molar-refractivity contribution in [1.82, 2.24) is 4.90 Å². The Morgan fingerprint density at radius 1 is 0.926 bits per heavy atom. The van der Waals surface area contributed by atoms with Gasteiger partial charge in [-0.05, 0) is 69.1 Å². The van der Waals surface area contributed by atoms with E-state index < -0.39 is 0 Å². The molecule has 2 aromatic rings. The summed E-state index contributed by atoms with van der Waals surface area (Å²) in [6.07, 6.45) is 6.93. The molecule has 2 heteroatoms. The van der Waals surface area contributed by atoms with Gasteiger partial charge >= 0.3 is 0 Å². The number of rotatable bonds is 10. The molecule has 0 N–H and O–H groups in total. The molecule has 0 heterocycles. The van der Waals surface area contributed by atoms with Gasteiger partial charge in [0, 0.05) is 18.6 Å². The predicted octanol–water partition coefficient (Wildman–Crippen LogP) is 6.58. The van der Waals surface area contributed by atoms with Gasteiger partial charge in [-0.2, -0.15) is 0 Å². The van der Waals surface area contributed by atoms with Gasteiger partial charge in [-0.15, -0.1) is 11.6 Å². The molecule has 27 heavy (non-hydrogen) atoms. The molecule has 146 valence electrons. The molecule has 0 amide bonds. The fourth-order valence-corrected chi connectivity index (χ4v) is 4.29. The first-order chi connectivity index (χ1) is 13.0. The molecule has 2 aromatic carbocycles. The number of alkyl halides is 1. The first-order valence-electron chi connectivity index (χ1n) is 10.6. The second-order valence-electron chi connectivity index (χ2n) is 8.33. The minimum Gasteiger partial charge on any atom is -0.298 e. The van der Waals surface area contributed by atoms with E-state index in [4.69, 9.17) is 11.6 Å². The lowest BCUT2D eigenvalue weighted by atomic mass is 9.99. The highest BCUT2D eigenvalue weighted by atomic mass is 35.5. The van der Waals surface area contributed by atoms with Crippen LogP contribution in [-0.4, -0.2) is 23.5 Å². The van der Waals surface area contributed by atoms with Crippen LogP contribution >= 0.6 is 11.6 Å². The van der Waals surface area contributed by atoms with E-state index in [1.807, 2.05) is 0 Å². The summed E-state index contributed by atoms with van der Waals surface area (Å²) in [5.41, 5.74) is 4.17. The third-order valence-electron chi connectivity index (χ3n) is 6.03. The Hall–Kier alpha value is -1.31. The molecule has 0 saturated heterocycles. The molecule has 0 radical (unpaired) electrons. The zero-order chi connectivity index (χ0) is 19.3. The molecule has 0 bridgehead atoms. The van der Waals surface area contributed by atoms with E-state index in [0.717, 1.165) is 32.2 Å². The average Bonchev–Trinajstić information content (AvgIpc) is 3.44. The molecule has 1 aliphatic carbocycles. The van der Waals surface area contributed by atoms with Crippen LogP contribution in [0.3, 0.4) is 0 Å². The highest BCUT2D eigenvalue weighted by molar-refractivity contribution is 6.25. The zero-order valence-corrected chi connectivity index (χ0v) is 17.9. The van der Waals surface area contributed by atoms with Gasteiger partial charge in [0.2, 0.25) is 0 Å². The Bertz CT molecular complexity index is 688. The van der Waals surface area contributed by atoms with Gasteiger partial charge < -0.3 is 0 Å². The van der Waals surface area contributed by atoms with E-state index in [1.54, 1.807) is 0 Å². The number of nitrogens with zero attached hydrogens (tertiary/aromatic N) is 1. The van der Waals surface area contributed by atoms with Crippen LogP contribution in [0.5, 0.6) is 0 Å². The van der Waals surface area contributed by atoms with E-state index >= 15 is 0 Å². The molecular formula is C25H34ClN. The van der Waals surface area contributed by atoms with Crippen molar-refractivity contribution in [3.8, 4) is 0 Å². The van der Waals surface area contributed by atoms with Crippen LogP contribution in [0.15, 0.2) is 54.6 Å². The van der Waals surface area contributed by atoms with Gasteiger partial charge in [0.25, 0.3) is 0 Å². The summed E-state index contributed by atoms with van der Waals surface area (Å²) in [6, 6.07) is 21.1. The van der Waals surface area contributed by atoms with Gasteiger partial charge in [-0.25, -0.2) is 0 Å². The predicted molar refractivity (Wildman–Crippen MR) is 118 cm³/mol. The van der Waals surface area contributed by atoms with E-state index in [9.17, 15) is 0 Å². The Morgan fingerprint density at radius 2 is 1.56 bits per heavy atom. The summed E-state index contributed by atoms with van der Waals surface area (Å²) in [7, 11) is 0. The second kappa shape index (κ2) is 9.26. The van der Waals surface area contributed by atoms with Gasteiger partial charge in [0.15, 0.2) is 0 Å². The van der Waals surface area contributed by atoms with Gasteiger partial charge in [-0.1, -0.05) is 61.5 Å². The fraction of sp³-hybridized carbons (Fsp3) is 0.520. The van der Waals surface area contributed by atoms with Crippen molar-refractivity contribution in [1.29, 1.82) is 0 Å². The summed E-state index contributed by atoms with van der Waals surface area (Å²) in [6.45, 7) is 8.12. The third-order valence-corrected chi connectivity index (χ3v) is 6.63. The van der Waals surface area contributed by atoms with Gasteiger partial charge in [0.05, 0.1) is 4.87 Å². The van der Waals surface area contributed by atoms with Crippen LogP contribution in [0, 0.1) is 0 Å². The van der Waals surface area contributed by atoms with Crippen molar-refractivity contribution in [2.75, 3.05) is 6.54 Å². The van der Waals surface area contributed by atoms with Crippen molar-refractivity contribution < 1.29 is 0 Å². The summed E-state index contributed by atoms with van der Waals surface area (Å²) in [5.74, 6) is 0. The standard InChI is InChI=1S/C25H34ClN/c1-4-24(27(20(2)3)19-16-21-8-6-5-7-9-21)15-12-22-10-13-23(14-11-22)25(26)17-18-25/h5-11,13-14,20,24H,4,12,15-19H2,1-3H3. The monoisotopic (exact) mass is 383 g/mol. The quantitative estimate of drug-likeness (QED) is 0.419. The third kappa shape index (κ3) is 5.59. The maximum atomic E-state index is 6.53. The number of halogens is 1. The molecule has 1 atom stereocenters. The summed E-state index contributed by atoms with van der Waals surface area (Å²) in [4.78, 5) is 2.65. The molecule has 1 nitrogen and oxygen atoms in total. The molecule has 1 fully saturated rings. The van der Waals surface area contributed by atoms with Gasteiger partial charge in [0.1, 0.15) is 0 Å². The Balaban J connectivity index is 1.56. The first kappa shape index (κ1) is 20.4. The summed E-state index contributed by atoms with van der Waals surface area (Å²) >= 11 is 6.53. The highest BCUT2D eigenvalue weighted by Gasteiger charge is 2.41. The average molecular weight is 384 g/mol. The lowest BCUT2D eigenvalue weighted by molar-refractivity contribution is 0.143. The summed E-state index contributed by atoms with van der Waals surface area (Å²) < 4.78 is 0. The molecule has 1 aliphatic rings. The maximum absolute atomic E-state index is 6.53. The van der Waals surface area contributed by atoms with Crippen LogP contribution in [0.1, 0.15) is 63.1 Å². The molecule has 0 aliphatic heterocycles. The topological polar surface area (TPSA) is 3.24 Å². The van der Waals surface area contributed by atoms with Crippen molar-refractivity contribution in [2.24, 2.45) is 0 Å². The molecule has 1 unspecified atom stereocenters.